The fraction of sp³-hybridized carbons (Fsp3) is 0.316. The zero-order chi connectivity index (χ0) is 19.6. The second-order valence-corrected chi connectivity index (χ2v) is 6.78. The van der Waals surface area contributed by atoms with Crippen LogP contribution in [0.4, 0.5) is 14.5 Å². The molecule has 2 N–H and O–H groups in total. The zero-order valence-corrected chi connectivity index (χ0v) is 15.0. The number of nitrogens with one attached hydrogen (secondary N) is 2. The third kappa shape index (κ3) is 4.00. The van der Waals surface area contributed by atoms with Crippen molar-refractivity contribution in [3.63, 3.8) is 0 Å². The molecule has 4 rings (SSSR count). The van der Waals surface area contributed by atoms with Gasteiger partial charge in [-0.05, 0) is 24.3 Å². The monoisotopic (exact) mass is 387 g/mol. The van der Waals surface area contributed by atoms with Crippen molar-refractivity contribution in [3.05, 3.63) is 59.9 Å². The highest BCUT2D eigenvalue weighted by atomic mass is 19.2. The SMILES string of the molecule is O=C(CN1CCC2(CC1)N=C(c1ccccn1)NO2)Nc1ccc(F)c(F)c1. The van der Waals surface area contributed by atoms with Gasteiger partial charge in [-0.15, -0.1) is 0 Å². The largest absolute Gasteiger partial charge is 0.325 e. The first-order valence-corrected chi connectivity index (χ1v) is 8.96. The Morgan fingerprint density at radius 2 is 2.04 bits per heavy atom. The number of likely N-dealkylation sites (tertiary alicyclic amines) is 1. The highest BCUT2D eigenvalue weighted by Gasteiger charge is 2.40. The molecule has 1 spiro atoms. The number of rotatable bonds is 4. The van der Waals surface area contributed by atoms with Gasteiger partial charge in [-0.2, -0.15) is 0 Å². The first kappa shape index (κ1) is 18.5. The molecule has 0 saturated carbocycles. The van der Waals surface area contributed by atoms with Crippen molar-refractivity contribution in [2.75, 3.05) is 25.0 Å². The molecule has 7 nitrogen and oxygen atoms in total. The van der Waals surface area contributed by atoms with Crippen LogP contribution in [0.25, 0.3) is 0 Å². The van der Waals surface area contributed by atoms with Crippen LogP contribution in [0.15, 0.2) is 47.6 Å². The molecular formula is C19H19F2N5O2. The zero-order valence-electron chi connectivity index (χ0n) is 15.0. The number of aromatic nitrogens is 1. The molecule has 28 heavy (non-hydrogen) atoms. The van der Waals surface area contributed by atoms with E-state index in [2.05, 4.69) is 20.8 Å². The maximum absolute atomic E-state index is 13.2. The van der Waals surface area contributed by atoms with Crippen molar-refractivity contribution in [2.45, 2.75) is 18.6 Å². The Kier molecular flexibility index (Phi) is 5.01. The molecule has 2 aliphatic rings. The van der Waals surface area contributed by atoms with Crippen molar-refractivity contribution in [1.82, 2.24) is 15.4 Å². The van der Waals surface area contributed by atoms with Crippen molar-refractivity contribution >= 4 is 17.4 Å². The summed E-state index contributed by atoms with van der Waals surface area (Å²) in [5.74, 6) is -1.63. The van der Waals surface area contributed by atoms with Gasteiger partial charge in [0.1, 0.15) is 5.69 Å². The molecule has 1 fully saturated rings. The molecule has 1 amide bonds. The number of carbonyl (C=O) groups is 1. The quantitative estimate of drug-likeness (QED) is 0.840. The number of hydroxylamine groups is 1. The molecule has 2 aliphatic heterocycles. The second-order valence-electron chi connectivity index (χ2n) is 6.78. The van der Waals surface area contributed by atoms with Gasteiger partial charge in [-0.1, -0.05) is 6.07 Å². The van der Waals surface area contributed by atoms with Gasteiger partial charge in [0.25, 0.3) is 0 Å². The second kappa shape index (κ2) is 7.61. The molecule has 2 aromatic rings. The predicted molar refractivity (Wildman–Crippen MR) is 98.4 cm³/mol. The molecule has 1 aromatic heterocycles. The molecular weight excluding hydrogens is 368 g/mol. The highest BCUT2D eigenvalue weighted by molar-refractivity contribution is 5.97. The maximum atomic E-state index is 13.2. The number of benzene rings is 1. The normalized spacial score (nSPS) is 18.6. The van der Waals surface area contributed by atoms with Gasteiger partial charge in [0.05, 0.1) is 6.54 Å². The Morgan fingerprint density at radius 1 is 1.21 bits per heavy atom. The summed E-state index contributed by atoms with van der Waals surface area (Å²) >= 11 is 0. The third-order valence-corrected chi connectivity index (χ3v) is 4.77. The standard InChI is InChI=1S/C19H19F2N5O2/c20-14-5-4-13(11-15(14)21)23-17(27)12-26-9-6-19(7-10-26)24-18(25-28-19)16-3-1-2-8-22-16/h1-5,8,11H,6-7,9-10,12H2,(H,23,27)(H,24,25). The van der Waals surface area contributed by atoms with E-state index in [0.29, 0.717) is 37.5 Å². The average Bonchev–Trinajstić information content (AvgIpc) is 3.11. The van der Waals surface area contributed by atoms with Crippen LogP contribution in [0.5, 0.6) is 0 Å². The smallest absolute Gasteiger partial charge is 0.238 e. The van der Waals surface area contributed by atoms with Gasteiger partial charge < -0.3 is 5.32 Å². The number of aliphatic imine (C=N–C) groups is 1. The number of piperidine rings is 1. The lowest BCUT2D eigenvalue weighted by Crippen LogP contribution is -2.46. The van der Waals surface area contributed by atoms with Crippen LogP contribution in [0.3, 0.4) is 0 Å². The number of anilines is 1. The van der Waals surface area contributed by atoms with E-state index in [1.807, 2.05) is 23.1 Å². The molecule has 0 aliphatic carbocycles. The van der Waals surface area contributed by atoms with E-state index in [4.69, 9.17) is 4.84 Å². The highest BCUT2D eigenvalue weighted by Crippen LogP contribution is 2.30. The topological polar surface area (TPSA) is 78.9 Å². The molecule has 9 heteroatoms. The molecule has 0 radical (unpaired) electrons. The van der Waals surface area contributed by atoms with E-state index >= 15 is 0 Å². The number of nitrogens with zero attached hydrogens (tertiary/aromatic N) is 3. The lowest BCUT2D eigenvalue weighted by molar-refractivity contribution is -0.120. The molecule has 1 aromatic carbocycles. The van der Waals surface area contributed by atoms with Crippen molar-refractivity contribution in [1.29, 1.82) is 0 Å². The Morgan fingerprint density at radius 3 is 2.75 bits per heavy atom. The number of carbonyl (C=O) groups excluding carboxylic acids is 1. The minimum atomic E-state index is -0.995. The van der Waals surface area contributed by atoms with Crippen LogP contribution in [-0.2, 0) is 9.63 Å². The van der Waals surface area contributed by atoms with Crippen molar-refractivity contribution in [2.24, 2.45) is 4.99 Å². The number of halogens is 2. The Balaban J connectivity index is 1.31. The van der Waals surface area contributed by atoms with Crippen LogP contribution in [-0.4, -0.2) is 47.0 Å². The molecule has 3 heterocycles. The molecule has 0 unspecified atom stereocenters. The summed E-state index contributed by atoms with van der Waals surface area (Å²) in [5, 5.41) is 2.58. The van der Waals surface area contributed by atoms with E-state index < -0.39 is 17.4 Å². The van der Waals surface area contributed by atoms with Gasteiger partial charge >= 0.3 is 0 Å². The number of pyridine rings is 1. The summed E-state index contributed by atoms with van der Waals surface area (Å²) in [6, 6.07) is 8.84. The number of hydrogen-bond donors (Lipinski definition) is 2. The summed E-state index contributed by atoms with van der Waals surface area (Å²) in [5.41, 5.74) is 3.14. The number of amidine groups is 1. The average molecular weight is 387 g/mol. The van der Waals surface area contributed by atoms with Crippen molar-refractivity contribution in [3.8, 4) is 0 Å². The van der Waals surface area contributed by atoms with E-state index in [0.717, 1.165) is 12.1 Å². The van der Waals surface area contributed by atoms with E-state index in [1.165, 1.54) is 6.07 Å². The molecule has 0 atom stereocenters. The van der Waals surface area contributed by atoms with Crippen LogP contribution >= 0.6 is 0 Å². The lowest BCUT2D eigenvalue weighted by atomic mass is 10.0. The fourth-order valence-corrected chi connectivity index (χ4v) is 3.26. The summed E-state index contributed by atoms with van der Waals surface area (Å²) in [7, 11) is 0. The first-order valence-electron chi connectivity index (χ1n) is 8.96. The molecule has 1 saturated heterocycles. The van der Waals surface area contributed by atoms with Gasteiger partial charge in [-0.3, -0.25) is 14.7 Å². The predicted octanol–water partition coefficient (Wildman–Crippen LogP) is 2.07. The van der Waals surface area contributed by atoms with Crippen LogP contribution in [0, 0.1) is 11.6 Å². The van der Waals surface area contributed by atoms with Crippen LogP contribution < -0.4 is 10.8 Å². The maximum Gasteiger partial charge on any atom is 0.238 e. The van der Waals surface area contributed by atoms with Gasteiger partial charge in [0, 0.05) is 43.9 Å². The van der Waals surface area contributed by atoms with E-state index in [1.54, 1.807) is 6.20 Å². The minimum absolute atomic E-state index is 0.152. The van der Waals surface area contributed by atoms with E-state index in [-0.39, 0.29) is 18.1 Å². The minimum Gasteiger partial charge on any atom is -0.325 e. The Bertz CT molecular complexity index is 898. The van der Waals surface area contributed by atoms with Crippen molar-refractivity contribution < 1.29 is 18.4 Å². The number of hydrogen-bond acceptors (Lipinski definition) is 6. The van der Waals surface area contributed by atoms with Gasteiger partial charge in [0.2, 0.25) is 5.91 Å². The summed E-state index contributed by atoms with van der Waals surface area (Å²) in [4.78, 5) is 28.8. The van der Waals surface area contributed by atoms with Crippen LogP contribution in [0.1, 0.15) is 18.5 Å². The first-order chi connectivity index (χ1) is 13.5. The van der Waals surface area contributed by atoms with Gasteiger partial charge in [0.15, 0.2) is 23.2 Å². The molecule has 0 bridgehead atoms. The number of amides is 1. The summed E-state index contributed by atoms with van der Waals surface area (Å²) in [6.07, 6.45) is 2.93. The summed E-state index contributed by atoms with van der Waals surface area (Å²) < 4.78 is 26.2. The Hall–Kier alpha value is -2.91. The summed E-state index contributed by atoms with van der Waals surface area (Å²) in [6.45, 7) is 1.39. The third-order valence-electron chi connectivity index (χ3n) is 4.77. The van der Waals surface area contributed by atoms with Crippen LogP contribution in [0.2, 0.25) is 0 Å². The lowest BCUT2D eigenvalue weighted by Gasteiger charge is -2.35. The fourth-order valence-electron chi connectivity index (χ4n) is 3.26. The molecule has 146 valence electrons. The van der Waals surface area contributed by atoms with Gasteiger partial charge in [-0.25, -0.2) is 24.1 Å². The van der Waals surface area contributed by atoms with E-state index in [9.17, 15) is 13.6 Å². The Labute approximate surface area is 160 Å².